The molecule has 0 aliphatic carbocycles. The molecular formula is C20H27N3O3. The lowest BCUT2D eigenvalue weighted by atomic mass is 10.0. The van der Waals surface area contributed by atoms with E-state index in [0.29, 0.717) is 23.9 Å². The first-order valence-corrected chi connectivity index (χ1v) is 9.18. The lowest BCUT2D eigenvalue weighted by Crippen LogP contribution is -2.51. The minimum Gasteiger partial charge on any atom is -0.379 e. The lowest BCUT2D eigenvalue weighted by molar-refractivity contribution is 0.00671. The van der Waals surface area contributed by atoms with Gasteiger partial charge in [-0.05, 0) is 12.8 Å². The quantitative estimate of drug-likeness (QED) is 0.861. The average Bonchev–Trinajstić information content (AvgIpc) is 3.13. The summed E-state index contributed by atoms with van der Waals surface area (Å²) in [5.74, 6) is 0.837. The van der Waals surface area contributed by atoms with Crippen molar-refractivity contribution in [1.29, 1.82) is 0 Å². The molecule has 1 aliphatic rings. The van der Waals surface area contributed by atoms with Crippen molar-refractivity contribution in [3.8, 4) is 11.3 Å². The number of carbonyl (C=O) groups is 1. The first-order valence-electron chi connectivity index (χ1n) is 9.18. The van der Waals surface area contributed by atoms with E-state index in [0.717, 1.165) is 31.9 Å². The van der Waals surface area contributed by atoms with Crippen LogP contribution in [0.25, 0.3) is 11.3 Å². The van der Waals surface area contributed by atoms with Crippen LogP contribution in [0.15, 0.2) is 34.9 Å². The van der Waals surface area contributed by atoms with E-state index in [9.17, 15) is 4.79 Å². The number of amides is 1. The number of aryl methyl sites for hydroxylation is 1. The van der Waals surface area contributed by atoms with Gasteiger partial charge in [0, 0.05) is 37.3 Å². The fourth-order valence-corrected chi connectivity index (χ4v) is 3.22. The summed E-state index contributed by atoms with van der Waals surface area (Å²) in [5, 5.41) is 6.94. The molecule has 1 amide bonds. The normalized spacial score (nSPS) is 16.6. The van der Waals surface area contributed by atoms with E-state index in [1.54, 1.807) is 6.07 Å². The molecule has 0 bridgehead atoms. The van der Waals surface area contributed by atoms with Crippen LogP contribution in [0.4, 0.5) is 0 Å². The number of nitrogens with zero attached hydrogens (tertiary/aromatic N) is 2. The summed E-state index contributed by atoms with van der Waals surface area (Å²) in [5.41, 5.74) is 2.40. The van der Waals surface area contributed by atoms with Gasteiger partial charge in [-0.1, -0.05) is 48.8 Å². The number of hydrogen-bond acceptors (Lipinski definition) is 5. The van der Waals surface area contributed by atoms with Crippen molar-refractivity contribution in [2.24, 2.45) is 5.92 Å². The first-order chi connectivity index (χ1) is 12.5. The number of carbonyl (C=O) groups excluding carboxylic acids is 1. The minimum atomic E-state index is -0.203. The second-order valence-corrected chi connectivity index (χ2v) is 7.11. The predicted octanol–water partition coefficient (Wildman–Crippen LogP) is 2.74. The number of ether oxygens (including phenoxy) is 1. The third kappa shape index (κ3) is 4.51. The number of hydrogen-bond donors (Lipinski definition) is 1. The van der Waals surface area contributed by atoms with Crippen molar-refractivity contribution in [3.05, 3.63) is 41.6 Å². The maximum atomic E-state index is 12.5. The number of aromatic nitrogens is 1. The van der Waals surface area contributed by atoms with Gasteiger partial charge in [0.05, 0.1) is 13.2 Å². The molecule has 0 spiro atoms. The van der Waals surface area contributed by atoms with Crippen molar-refractivity contribution in [2.75, 3.05) is 32.8 Å². The molecule has 0 saturated carbocycles. The van der Waals surface area contributed by atoms with Crippen molar-refractivity contribution in [3.63, 3.8) is 0 Å². The van der Waals surface area contributed by atoms with Crippen molar-refractivity contribution >= 4 is 5.91 Å². The fraction of sp³-hybridized carbons (Fsp3) is 0.500. The molecule has 1 aliphatic heterocycles. The predicted molar refractivity (Wildman–Crippen MR) is 100 cm³/mol. The Hall–Kier alpha value is -2.18. The van der Waals surface area contributed by atoms with Crippen LogP contribution < -0.4 is 5.32 Å². The molecule has 1 unspecified atom stereocenters. The molecule has 1 saturated heterocycles. The molecule has 1 aromatic carbocycles. The Bertz CT molecular complexity index is 718. The minimum absolute atomic E-state index is 0.203. The van der Waals surface area contributed by atoms with E-state index in [1.807, 2.05) is 31.2 Å². The summed E-state index contributed by atoms with van der Waals surface area (Å²) >= 11 is 0. The zero-order valence-electron chi connectivity index (χ0n) is 15.7. The number of rotatable bonds is 6. The van der Waals surface area contributed by atoms with Crippen LogP contribution in [0.2, 0.25) is 0 Å². The highest BCUT2D eigenvalue weighted by Gasteiger charge is 2.25. The van der Waals surface area contributed by atoms with Gasteiger partial charge in [0.15, 0.2) is 11.5 Å². The average molecular weight is 357 g/mol. The molecule has 1 aromatic heterocycles. The van der Waals surface area contributed by atoms with Crippen LogP contribution in [-0.2, 0) is 4.74 Å². The van der Waals surface area contributed by atoms with Crippen molar-refractivity contribution < 1.29 is 14.1 Å². The number of nitrogens with one attached hydrogen (secondary N) is 1. The molecule has 1 atom stereocenters. The Morgan fingerprint density at radius 2 is 1.92 bits per heavy atom. The molecule has 6 heteroatoms. The van der Waals surface area contributed by atoms with E-state index in [1.165, 1.54) is 5.56 Å². The van der Waals surface area contributed by atoms with Crippen LogP contribution in [0.5, 0.6) is 0 Å². The largest absolute Gasteiger partial charge is 0.379 e. The van der Waals surface area contributed by atoms with Gasteiger partial charge in [0.2, 0.25) is 0 Å². The third-order valence-corrected chi connectivity index (χ3v) is 4.83. The van der Waals surface area contributed by atoms with E-state index < -0.39 is 0 Å². The van der Waals surface area contributed by atoms with Gasteiger partial charge in [0.1, 0.15) is 0 Å². The van der Waals surface area contributed by atoms with Gasteiger partial charge in [-0.2, -0.15) is 0 Å². The zero-order chi connectivity index (χ0) is 18.5. The molecule has 0 radical (unpaired) electrons. The molecule has 140 valence electrons. The Morgan fingerprint density at radius 1 is 1.23 bits per heavy atom. The van der Waals surface area contributed by atoms with Gasteiger partial charge >= 0.3 is 0 Å². The molecule has 6 nitrogen and oxygen atoms in total. The summed E-state index contributed by atoms with van der Waals surface area (Å²) in [4.78, 5) is 14.9. The van der Waals surface area contributed by atoms with E-state index in [2.05, 4.69) is 29.2 Å². The standard InChI is InChI=1S/C20H27N3O3/c1-14(2)18(23-8-10-25-11-9-23)13-21-20(24)17-12-19(26-22-17)16-6-4-15(3)5-7-16/h4-7,12,14,18H,8-11,13H2,1-3H3,(H,21,24). The van der Waals surface area contributed by atoms with Crippen LogP contribution >= 0.6 is 0 Å². The summed E-state index contributed by atoms with van der Waals surface area (Å²) < 4.78 is 10.8. The molecule has 26 heavy (non-hydrogen) atoms. The monoisotopic (exact) mass is 357 g/mol. The van der Waals surface area contributed by atoms with Crippen LogP contribution in [0.1, 0.15) is 29.9 Å². The van der Waals surface area contributed by atoms with Crippen molar-refractivity contribution in [1.82, 2.24) is 15.4 Å². The SMILES string of the molecule is Cc1ccc(-c2cc(C(=O)NCC(C(C)C)N3CCOCC3)no2)cc1. The van der Waals surface area contributed by atoms with E-state index in [-0.39, 0.29) is 11.9 Å². The second-order valence-electron chi connectivity index (χ2n) is 7.11. The molecule has 1 fully saturated rings. The number of benzene rings is 1. The Labute approximate surface area is 154 Å². The van der Waals surface area contributed by atoms with Crippen molar-refractivity contribution in [2.45, 2.75) is 26.8 Å². The van der Waals surface area contributed by atoms with Gasteiger partial charge in [-0.25, -0.2) is 0 Å². The summed E-state index contributed by atoms with van der Waals surface area (Å²) in [6, 6.07) is 9.92. The maximum Gasteiger partial charge on any atom is 0.273 e. The fourth-order valence-electron chi connectivity index (χ4n) is 3.22. The summed E-state index contributed by atoms with van der Waals surface area (Å²) in [6.45, 7) is 10.3. The second kappa shape index (κ2) is 8.47. The van der Waals surface area contributed by atoms with Gasteiger partial charge in [0.25, 0.3) is 5.91 Å². The maximum absolute atomic E-state index is 12.5. The van der Waals surface area contributed by atoms with Gasteiger partial charge < -0.3 is 14.6 Å². The Balaban J connectivity index is 1.61. The highest BCUT2D eigenvalue weighted by Crippen LogP contribution is 2.21. The van der Waals surface area contributed by atoms with Gasteiger partial charge in [-0.15, -0.1) is 0 Å². The number of morpholine rings is 1. The van der Waals surface area contributed by atoms with Crippen LogP contribution in [0.3, 0.4) is 0 Å². The molecule has 2 aromatic rings. The zero-order valence-corrected chi connectivity index (χ0v) is 15.7. The Kier molecular flexibility index (Phi) is 6.06. The highest BCUT2D eigenvalue weighted by molar-refractivity contribution is 5.93. The third-order valence-electron chi connectivity index (χ3n) is 4.83. The van der Waals surface area contributed by atoms with Crippen LogP contribution in [-0.4, -0.2) is 54.9 Å². The van der Waals surface area contributed by atoms with Crippen LogP contribution in [0, 0.1) is 12.8 Å². The van der Waals surface area contributed by atoms with E-state index in [4.69, 9.17) is 9.26 Å². The smallest absolute Gasteiger partial charge is 0.273 e. The first kappa shape index (κ1) is 18.6. The van der Waals surface area contributed by atoms with Gasteiger partial charge in [-0.3, -0.25) is 9.69 Å². The summed E-state index contributed by atoms with van der Waals surface area (Å²) in [6.07, 6.45) is 0. The van der Waals surface area contributed by atoms with E-state index >= 15 is 0 Å². The summed E-state index contributed by atoms with van der Waals surface area (Å²) in [7, 11) is 0. The molecule has 3 rings (SSSR count). The highest BCUT2D eigenvalue weighted by atomic mass is 16.5. The molecule has 2 heterocycles. The Morgan fingerprint density at radius 3 is 2.58 bits per heavy atom. The molecule has 1 N–H and O–H groups in total. The molecular weight excluding hydrogens is 330 g/mol. The topological polar surface area (TPSA) is 67.6 Å². The lowest BCUT2D eigenvalue weighted by Gasteiger charge is -2.36.